The van der Waals surface area contributed by atoms with Crippen LogP contribution < -0.4 is 5.32 Å². The maximum absolute atomic E-state index is 12.5. The topological polar surface area (TPSA) is 41.6 Å². The molecule has 2 unspecified atom stereocenters. The van der Waals surface area contributed by atoms with Gasteiger partial charge in [0.15, 0.2) is 0 Å². The predicted octanol–water partition coefficient (Wildman–Crippen LogP) is 2.67. The van der Waals surface area contributed by atoms with Crippen molar-refractivity contribution in [3.05, 3.63) is 0 Å². The molecule has 2 fully saturated rings. The van der Waals surface area contributed by atoms with Crippen LogP contribution in [0.25, 0.3) is 0 Å². The van der Waals surface area contributed by atoms with Crippen LogP contribution in [-0.4, -0.2) is 41.8 Å². The highest BCUT2D eigenvalue weighted by Gasteiger charge is 2.45. The lowest BCUT2D eigenvalue weighted by Crippen LogP contribution is -2.43. The van der Waals surface area contributed by atoms with E-state index < -0.39 is 0 Å². The summed E-state index contributed by atoms with van der Waals surface area (Å²) in [5, 5.41) is 3.48. The summed E-state index contributed by atoms with van der Waals surface area (Å²) in [6.07, 6.45) is 8.69. The molecular weight excluding hydrogens is 252 g/mol. The molecule has 4 nitrogen and oxygen atoms in total. The van der Waals surface area contributed by atoms with Gasteiger partial charge < -0.3 is 9.64 Å². The molecule has 4 heteroatoms. The quantitative estimate of drug-likeness (QED) is 0.814. The lowest BCUT2D eigenvalue weighted by Gasteiger charge is -2.26. The normalized spacial score (nSPS) is 32.0. The number of nitrogens with zero attached hydrogens (tertiary/aromatic N) is 1. The fraction of sp³-hybridized carbons (Fsp3) is 0.938. The largest absolute Gasteiger partial charge is 0.376 e. The average Bonchev–Trinajstić information content (AvgIpc) is 2.73. The Balaban J connectivity index is 1.82. The van der Waals surface area contributed by atoms with Gasteiger partial charge in [-0.05, 0) is 32.6 Å². The van der Waals surface area contributed by atoms with Crippen molar-refractivity contribution in [2.24, 2.45) is 0 Å². The molecule has 1 N–H and O–H groups in total. The summed E-state index contributed by atoms with van der Waals surface area (Å²) in [6, 6.07) is 0. The van der Waals surface area contributed by atoms with Crippen molar-refractivity contribution in [2.45, 2.75) is 83.5 Å². The van der Waals surface area contributed by atoms with Crippen molar-refractivity contribution in [1.29, 1.82) is 0 Å². The zero-order chi connectivity index (χ0) is 14.6. The molecule has 2 aliphatic rings. The molecule has 0 spiro atoms. The molecule has 2 atom stereocenters. The van der Waals surface area contributed by atoms with E-state index in [1.807, 2.05) is 11.8 Å². The molecular formula is C16H30N2O2. The zero-order valence-electron chi connectivity index (χ0n) is 13.3. The van der Waals surface area contributed by atoms with E-state index in [9.17, 15) is 4.79 Å². The molecule has 20 heavy (non-hydrogen) atoms. The second-order valence-electron chi connectivity index (χ2n) is 6.38. The fourth-order valence-corrected chi connectivity index (χ4v) is 3.35. The number of rotatable bonds is 6. The number of nitrogens with one attached hydrogen (secondary N) is 1. The minimum Gasteiger partial charge on any atom is -0.376 e. The monoisotopic (exact) mass is 282 g/mol. The van der Waals surface area contributed by atoms with Crippen LogP contribution in [0.1, 0.15) is 65.7 Å². The highest BCUT2D eigenvalue weighted by Crippen LogP contribution is 2.25. The molecule has 0 aromatic heterocycles. The van der Waals surface area contributed by atoms with Gasteiger partial charge in [-0.1, -0.05) is 33.1 Å². The Kier molecular flexibility index (Phi) is 5.44. The molecule has 1 saturated carbocycles. The summed E-state index contributed by atoms with van der Waals surface area (Å²) in [4.78, 5) is 14.5. The Labute approximate surface area is 123 Å². The Morgan fingerprint density at radius 1 is 1.30 bits per heavy atom. The summed E-state index contributed by atoms with van der Waals surface area (Å²) in [5.41, 5.74) is -0.383. The van der Waals surface area contributed by atoms with Crippen molar-refractivity contribution in [3.63, 3.8) is 0 Å². The first-order valence-corrected chi connectivity index (χ1v) is 8.31. The van der Waals surface area contributed by atoms with Crippen LogP contribution in [0.15, 0.2) is 0 Å². The Morgan fingerprint density at radius 3 is 2.60 bits per heavy atom. The molecule has 0 aromatic carbocycles. The first-order chi connectivity index (χ1) is 9.60. The smallest absolute Gasteiger partial charge is 0.243 e. The second kappa shape index (κ2) is 6.90. The van der Waals surface area contributed by atoms with Crippen LogP contribution in [0, 0.1) is 0 Å². The van der Waals surface area contributed by atoms with E-state index in [0.29, 0.717) is 12.7 Å². The van der Waals surface area contributed by atoms with E-state index in [4.69, 9.17) is 4.74 Å². The highest BCUT2D eigenvalue weighted by atomic mass is 16.5. The zero-order valence-corrected chi connectivity index (χ0v) is 13.3. The first kappa shape index (κ1) is 15.8. The van der Waals surface area contributed by atoms with Crippen molar-refractivity contribution >= 4 is 5.91 Å². The van der Waals surface area contributed by atoms with Crippen LogP contribution in [-0.2, 0) is 9.53 Å². The third-order valence-electron chi connectivity index (χ3n) is 4.93. The van der Waals surface area contributed by atoms with Gasteiger partial charge in [-0.25, -0.2) is 0 Å². The summed E-state index contributed by atoms with van der Waals surface area (Å²) in [5.74, 6) is 0.235. The highest BCUT2D eigenvalue weighted by molar-refractivity contribution is 5.88. The van der Waals surface area contributed by atoms with Crippen LogP contribution in [0.4, 0.5) is 0 Å². The Bertz CT molecular complexity index is 328. The van der Waals surface area contributed by atoms with Crippen molar-refractivity contribution in [3.8, 4) is 0 Å². The molecule has 0 aromatic rings. The van der Waals surface area contributed by atoms with Gasteiger partial charge in [0, 0.05) is 6.54 Å². The molecule has 116 valence electrons. The molecule has 1 aliphatic heterocycles. The summed E-state index contributed by atoms with van der Waals surface area (Å²) in [7, 11) is 0. The molecule has 2 rings (SSSR count). The maximum Gasteiger partial charge on any atom is 0.243 e. The number of ether oxygens (including phenoxy) is 1. The average molecular weight is 282 g/mol. The molecule has 0 radical (unpaired) electrons. The van der Waals surface area contributed by atoms with Crippen molar-refractivity contribution in [1.82, 2.24) is 10.2 Å². The van der Waals surface area contributed by atoms with E-state index >= 15 is 0 Å². The van der Waals surface area contributed by atoms with Gasteiger partial charge in [0.05, 0.1) is 24.4 Å². The number of hydrogen-bond donors (Lipinski definition) is 1. The van der Waals surface area contributed by atoms with Crippen LogP contribution in [0.2, 0.25) is 0 Å². The summed E-state index contributed by atoms with van der Waals surface area (Å²) >= 11 is 0. The third kappa shape index (κ3) is 3.34. The van der Waals surface area contributed by atoms with E-state index in [0.717, 1.165) is 19.4 Å². The third-order valence-corrected chi connectivity index (χ3v) is 4.93. The molecule has 1 saturated heterocycles. The van der Waals surface area contributed by atoms with Crippen LogP contribution >= 0.6 is 0 Å². The van der Waals surface area contributed by atoms with Crippen molar-refractivity contribution < 1.29 is 9.53 Å². The molecule has 1 heterocycles. The SMILES string of the molecule is CCC1NC(C)(CC)C(=O)N1CCOC1CCCCC1. The van der Waals surface area contributed by atoms with E-state index in [2.05, 4.69) is 19.2 Å². The predicted molar refractivity (Wildman–Crippen MR) is 80.4 cm³/mol. The summed E-state index contributed by atoms with van der Waals surface area (Å²) < 4.78 is 5.97. The second-order valence-corrected chi connectivity index (χ2v) is 6.38. The number of hydrogen-bond acceptors (Lipinski definition) is 3. The molecule has 1 aliphatic carbocycles. The van der Waals surface area contributed by atoms with E-state index in [-0.39, 0.29) is 17.6 Å². The first-order valence-electron chi connectivity index (χ1n) is 8.31. The number of carbonyl (C=O) groups is 1. The van der Waals surface area contributed by atoms with Crippen molar-refractivity contribution in [2.75, 3.05) is 13.2 Å². The van der Waals surface area contributed by atoms with Gasteiger partial charge in [0.2, 0.25) is 5.91 Å². The molecule has 0 bridgehead atoms. The number of carbonyl (C=O) groups excluding carboxylic acids is 1. The number of amides is 1. The van der Waals surface area contributed by atoms with Gasteiger partial charge in [-0.2, -0.15) is 0 Å². The summed E-state index contributed by atoms with van der Waals surface area (Å²) in [6.45, 7) is 7.60. The van der Waals surface area contributed by atoms with Gasteiger partial charge in [-0.15, -0.1) is 0 Å². The van der Waals surface area contributed by atoms with Gasteiger partial charge >= 0.3 is 0 Å². The van der Waals surface area contributed by atoms with Crippen LogP contribution in [0.3, 0.4) is 0 Å². The fourth-order valence-electron chi connectivity index (χ4n) is 3.35. The van der Waals surface area contributed by atoms with Crippen LogP contribution in [0.5, 0.6) is 0 Å². The Hall–Kier alpha value is -0.610. The Morgan fingerprint density at radius 2 is 2.00 bits per heavy atom. The minimum atomic E-state index is -0.383. The minimum absolute atomic E-state index is 0.169. The standard InChI is InChI=1S/C16H30N2O2/c1-4-14-17-16(3,5-2)15(19)18(14)11-12-20-13-9-7-6-8-10-13/h13-14,17H,4-12H2,1-3H3. The van der Waals surface area contributed by atoms with E-state index in [1.165, 1.54) is 32.1 Å². The molecule has 1 amide bonds. The van der Waals surface area contributed by atoms with E-state index in [1.54, 1.807) is 0 Å². The lowest BCUT2D eigenvalue weighted by molar-refractivity contribution is -0.134. The lowest BCUT2D eigenvalue weighted by atomic mass is 9.98. The van der Waals surface area contributed by atoms with Gasteiger partial charge in [0.25, 0.3) is 0 Å². The van der Waals surface area contributed by atoms with Gasteiger partial charge in [-0.3, -0.25) is 10.1 Å². The van der Waals surface area contributed by atoms with Gasteiger partial charge in [0.1, 0.15) is 0 Å². The maximum atomic E-state index is 12.5.